The van der Waals surface area contributed by atoms with Crippen molar-refractivity contribution in [1.82, 2.24) is 0 Å². The van der Waals surface area contributed by atoms with Crippen LogP contribution in [0.3, 0.4) is 0 Å². The number of hydrogen-bond acceptors (Lipinski definition) is 3. The Morgan fingerprint density at radius 3 is 2.81 bits per heavy atom. The van der Waals surface area contributed by atoms with Crippen LogP contribution in [0.2, 0.25) is 5.02 Å². The molecule has 0 spiro atoms. The van der Waals surface area contributed by atoms with Crippen molar-refractivity contribution in [1.29, 1.82) is 0 Å². The second kappa shape index (κ2) is 6.74. The van der Waals surface area contributed by atoms with Crippen LogP contribution in [0.5, 0.6) is 5.75 Å². The average Bonchev–Trinajstić information content (AvgIpc) is 2.29. The zero-order valence-corrected chi connectivity index (χ0v) is 10.5. The second-order valence-electron chi connectivity index (χ2n) is 3.64. The van der Waals surface area contributed by atoms with Crippen LogP contribution in [0, 0.1) is 0 Å². The SMILES string of the molecule is CCC(N)COCc1cc(Cl)ccc1OC. The lowest BCUT2D eigenvalue weighted by molar-refractivity contribution is 0.105. The Morgan fingerprint density at radius 1 is 1.44 bits per heavy atom. The topological polar surface area (TPSA) is 44.5 Å². The lowest BCUT2D eigenvalue weighted by Crippen LogP contribution is -2.24. The van der Waals surface area contributed by atoms with Crippen LogP contribution >= 0.6 is 11.6 Å². The van der Waals surface area contributed by atoms with Gasteiger partial charge in [-0.15, -0.1) is 0 Å². The first-order valence-electron chi connectivity index (χ1n) is 5.33. The van der Waals surface area contributed by atoms with E-state index in [1.54, 1.807) is 13.2 Å². The highest BCUT2D eigenvalue weighted by Crippen LogP contribution is 2.23. The molecule has 0 heterocycles. The third-order valence-corrected chi connectivity index (χ3v) is 2.59. The third-order valence-electron chi connectivity index (χ3n) is 2.36. The molecule has 1 rings (SSSR count). The molecule has 0 saturated carbocycles. The fourth-order valence-electron chi connectivity index (χ4n) is 1.30. The van der Waals surface area contributed by atoms with Gasteiger partial charge in [-0.1, -0.05) is 18.5 Å². The maximum Gasteiger partial charge on any atom is 0.124 e. The summed E-state index contributed by atoms with van der Waals surface area (Å²) in [5.41, 5.74) is 6.70. The highest BCUT2D eigenvalue weighted by Gasteiger charge is 2.05. The molecule has 0 aliphatic rings. The standard InChI is InChI=1S/C12H18ClNO2/c1-3-11(14)8-16-7-9-6-10(13)4-5-12(9)15-2/h4-6,11H,3,7-8,14H2,1-2H3. The van der Waals surface area contributed by atoms with E-state index in [1.807, 2.05) is 19.1 Å². The van der Waals surface area contributed by atoms with Crippen LogP contribution < -0.4 is 10.5 Å². The molecular weight excluding hydrogens is 226 g/mol. The van der Waals surface area contributed by atoms with Gasteiger partial charge in [0.25, 0.3) is 0 Å². The highest BCUT2D eigenvalue weighted by atomic mass is 35.5. The molecule has 0 aliphatic heterocycles. The molecule has 4 heteroatoms. The molecule has 2 N–H and O–H groups in total. The van der Waals surface area contributed by atoms with Gasteiger partial charge in [-0.05, 0) is 24.6 Å². The van der Waals surface area contributed by atoms with E-state index in [-0.39, 0.29) is 6.04 Å². The minimum absolute atomic E-state index is 0.0881. The molecule has 1 unspecified atom stereocenters. The van der Waals surface area contributed by atoms with E-state index in [0.717, 1.165) is 17.7 Å². The molecule has 0 aromatic heterocycles. The lowest BCUT2D eigenvalue weighted by atomic mass is 10.2. The largest absolute Gasteiger partial charge is 0.496 e. The molecule has 0 bridgehead atoms. The summed E-state index contributed by atoms with van der Waals surface area (Å²) < 4.78 is 10.7. The Morgan fingerprint density at radius 2 is 2.19 bits per heavy atom. The number of ether oxygens (including phenoxy) is 2. The van der Waals surface area contributed by atoms with Crippen LogP contribution in [0.15, 0.2) is 18.2 Å². The zero-order valence-electron chi connectivity index (χ0n) is 9.70. The molecule has 3 nitrogen and oxygen atoms in total. The summed E-state index contributed by atoms with van der Waals surface area (Å²) in [6.45, 7) is 3.05. The summed E-state index contributed by atoms with van der Waals surface area (Å²) in [5.74, 6) is 0.787. The molecule has 90 valence electrons. The molecule has 1 atom stereocenters. The smallest absolute Gasteiger partial charge is 0.124 e. The molecule has 1 aromatic carbocycles. The number of rotatable bonds is 6. The van der Waals surface area contributed by atoms with Gasteiger partial charge in [-0.25, -0.2) is 0 Å². The van der Waals surface area contributed by atoms with E-state index in [4.69, 9.17) is 26.8 Å². The van der Waals surface area contributed by atoms with Crippen LogP contribution in [-0.4, -0.2) is 19.8 Å². The summed E-state index contributed by atoms with van der Waals surface area (Å²) in [6, 6.07) is 5.56. The first kappa shape index (κ1) is 13.3. The summed E-state index contributed by atoms with van der Waals surface area (Å²) >= 11 is 5.91. The van der Waals surface area contributed by atoms with Gasteiger partial charge in [0.15, 0.2) is 0 Å². The zero-order chi connectivity index (χ0) is 12.0. The quantitative estimate of drug-likeness (QED) is 0.835. The van der Waals surface area contributed by atoms with Crippen molar-refractivity contribution in [3.05, 3.63) is 28.8 Å². The van der Waals surface area contributed by atoms with E-state index in [9.17, 15) is 0 Å². The van der Waals surface area contributed by atoms with Crippen molar-refractivity contribution < 1.29 is 9.47 Å². The minimum Gasteiger partial charge on any atom is -0.496 e. The first-order chi connectivity index (χ1) is 7.67. The van der Waals surface area contributed by atoms with Crippen molar-refractivity contribution in [2.24, 2.45) is 5.73 Å². The Hall–Kier alpha value is -0.770. The summed E-state index contributed by atoms with van der Waals surface area (Å²) in [6.07, 6.45) is 0.909. The van der Waals surface area contributed by atoms with Gasteiger partial charge in [0.1, 0.15) is 5.75 Å². The fourth-order valence-corrected chi connectivity index (χ4v) is 1.49. The van der Waals surface area contributed by atoms with Crippen LogP contribution in [0.1, 0.15) is 18.9 Å². The average molecular weight is 244 g/mol. The van der Waals surface area contributed by atoms with Gasteiger partial charge >= 0.3 is 0 Å². The van der Waals surface area contributed by atoms with E-state index in [2.05, 4.69) is 0 Å². The Bertz CT molecular complexity index is 331. The van der Waals surface area contributed by atoms with Crippen molar-refractivity contribution in [2.45, 2.75) is 26.0 Å². The number of halogens is 1. The predicted molar refractivity (Wildman–Crippen MR) is 65.9 cm³/mol. The van der Waals surface area contributed by atoms with Crippen molar-refractivity contribution in [3.63, 3.8) is 0 Å². The predicted octanol–water partition coefficient (Wildman–Crippen LogP) is 2.60. The van der Waals surface area contributed by atoms with Crippen LogP contribution in [-0.2, 0) is 11.3 Å². The van der Waals surface area contributed by atoms with Gasteiger partial charge in [0.05, 0.1) is 20.3 Å². The molecular formula is C12H18ClNO2. The lowest BCUT2D eigenvalue weighted by Gasteiger charge is -2.12. The molecule has 1 aromatic rings. The molecule has 0 aliphatic carbocycles. The number of methoxy groups -OCH3 is 1. The molecule has 0 saturated heterocycles. The molecule has 16 heavy (non-hydrogen) atoms. The van der Waals surface area contributed by atoms with Gasteiger partial charge in [-0.3, -0.25) is 0 Å². The monoisotopic (exact) mass is 243 g/mol. The summed E-state index contributed by atoms with van der Waals surface area (Å²) in [5, 5.41) is 0.680. The molecule has 0 fully saturated rings. The van der Waals surface area contributed by atoms with Gasteiger partial charge in [-0.2, -0.15) is 0 Å². The normalized spacial score (nSPS) is 12.5. The van der Waals surface area contributed by atoms with Crippen LogP contribution in [0.25, 0.3) is 0 Å². The van der Waals surface area contributed by atoms with Crippen molar-refractivity contribution >= 4 is 11.6 Å². The number of benzene rings is 1. The Labute approximate surface area is 101 Å². The molecule has 0 amide bonds. The van der Waals surface area contributed by atoms with Gasteiger partial charge < -0.3 is 15.2 Å². The van der Waals surface area contributed by atoms with Crippen LogP contribution in [0.4, 0.5) is 0 Å². The fraction of sp³-hybridized carbons (Fsp3) is 0.500. The maximum absolute atomic E-state index is 5.91. The number of nitrogens with two attached hydrogens (primary N) is 1. The van der Waals surface area contributed by atoms with E-state index < -0.39 is 0 Å². The van der Waals surface area contributed by atoms with Crippen molar-refractivity contribution in [3.8, 4) is 5.75 Å². The van der Waals surface area contributed by atoms with Gasteiger partial charge in [0.2, 0.25) is 0 Å². The third kappa shape index (κ3) is 4.00. The first-order valence-corrected chi connectivity index (χ1v) is 5.71. The van der Waals surface area contributed by atoms with E-state index in [0.29, 0.717) is 18.2 Å². The Balaban J connectivity index is 2.55. The van der Waals surface area contributed by atoms with E-state index in [1.165, 1.54) is 0 Å². The Kier molecular flexibility index (Phi) is 5.60. The highest BCUT2D eigenvalue weighted by molar-refractivity contribution is 6.30. The minimum atomic E-state index is 0.0881. The maximum atomic E-state index is 5.91. The second-order valence-corrected chi connectivity index (χ2v) is 4.08. The van der Waals surface area contributed by atoms with Crippen molar-refractivity contribution in [2.75, 3.05) is 13.7 Å². The summed E-state index contributed by atoms with van der Waals surface area (Å²) in [4.78, 5) is 0. The molecule has 0 radical (unpaired) electrons. The van der Waals surface area contributed by atoms with E-state index >= 15 is 0 Å². The van der Waals surface area contributed by atoms with Gasteiger partial charge in [0, 0.05) is 16.6 Å². The summed E-state index contributed by atoms with van der Waals surface area (Å²) in [7, 11) is 1.63. The number of hydrogen-bond donors (Lipinski definition) is 1.